The van der Waals surface area contributed by atoms with Crippen LogP contribution in [-0.2, 0) is 5.54 Å². The number of halogens is 1. The number of rotatable bonds is 2. The maximum atomic E-state index is 10.8. The van der Waals surface area contributed by atoms with Gasteiger partial charge in [-0.15, -0.1) is 0 Å². The molecule has 1 aliphatic carbocycles. The highest BCUT2D eigenvalue weighted by atomic mass is 35.5. The first-order chi connectivity index (χ1) is 6.62. The van der Waals surface area contributed by atoms with Crippen molar-refractivity contribution in [3.8, 4) is 0 Å². The molecule has 74 valence electrons. The minimum atomic E-state index is -0.484. The first-order valence-electron chi connectivity index (χ1n) is 4.46. The van der Waals surface area contributed by atoms with Crippen LogP contribution in [0.4, 0.5) is 4.79 Å². The van der Waals surface area contributed by atoms with Gasteiger partial charge in [0.2, 0.25) is 0 Å². The van der Waals surface area contributed by atoms with E-state index in [9.17, 15) is 4.79 Å². The Morgan fingerprint density at radius 2 is 2.21 bits per heavy atom. The normalized spacial score (nSPS) is 17.5. The molecule has 0 bridgehead atoms. The lowest BCUT2D eigenvalue weighted by Crippen LogP contribution is -2.38. The molecular formula is C10H11ClN2O. The van der Waals surface area contributed by atoms with E-state index in [4.69, 9.17) is 17.3 Å². The summed E-state index contributed by atoms with van der Waals surface area (Å²) in [5.74, 6) is 0. The van der Waals surface area contributed by atoms with Crippen LogP contribution in [0, 0.1) is 0 Å². The van der Waals surface area contributed by atoms with Crippen molar-refractivity contribution >= 4 is 17.6 Å². The summed E-state index contributed by atoms with van der Waals surface area (Å²) in [6.45, 7) is 0. The van der Waals surface area contributed by atoms with Crippen molar-refractivity contribution in [3.63, 3.8) is 0 Å². The second-order valence-corrected chi connectivity index (χ2v) is 4.02. The fraction of sp³-hybridized carbons (Fsp3) is 0.300. The number of urea groups is 1. The topological polar surface area (TPSA) is 55.1 Å². The lowest BCUT2D eigenvalue weighted by atomic mass is 10.1. The molecule has 14 heavy (non-hydrogen) atoms. The number of hydrogen-bond acceptors (Lipinski definition) is 1. The highest BCUT2D eigenvalue weighted by Crippen LogP contribution is 2.45. The summed E-state index contributed by atoms with van der Waals surface area (Å²) in [5, 5.41) is 3.43. The number of primary amides is 1. The first-order valence-corrected chi connectivity index (χ1v) is 4.84. The Labute approximate surface area is 87.2 Å². The van der Waals surface area contributed by atoms with Gasteiger partial charge in [0.15, 0.2) is 0 Å². The third-order valence-electron chi connectivity index (χ3n) is 2.49. The number of hydrogen-bond donors (Lipinski definition) is 2. The van der Waals surface area contributed by atoms with E-state index < -0.39 is 6.03 Å². The van der Waals surface area contributed by atoms with Gasteiger partial charge in [0.25, 0.3) is 0 Å². The molecule has 1 aliphatic rings. The quantitative estimate of drug-likeness (QED) is 0.771. The first kappa shape index (κ1) is 9.34. The maximum absolute atomic E-state index is 10.8. The predicted octanol–water partition coefficient (Wildman–Crippen LogP) is 2.00. The molecule has 0 aromatic heterocycles. The van der Waals surface area contributed by atoms with Crippen LogP contribution in [0.25, 0.3) is 0 Å². The lowest BCUT2D eigenvalue weighted by Gasteiger charge is -2.16. The Morgan fingerprint density at radius 1 is 1.50 bits per heavy atom. The SMILES string of the molecule is NC(=O)NC1(c2cccc(Cl)c2)CC1. The number of amides is 2. The van der Waals surface area contributed by atoms with Crippen molar-refractivity contribution in [2.24, 2.45) is 5.73 Å². The van der Waals surface area contributed by atoms with E-state index in [1.165, 1.54) is 0 Å². The van der Waals surface area contributed by atoms with Gasteiger partial charge in [-0.2, -0.15) is 0 Å². The number of nitrogens with one attached hydrogen (secondary N) is 1. The van der Waals surface area contributed by atoms with E-state index in [2.05, 4.69) is 5.32 Å². The Morgan fingerprint density at radius 3 is 2.71 bits per heavy atom. The van der Waals surface area contributed by atoms with Crippen LogP contribution >= 0.6 is 11.6 Å². The van der Waals surface area contributed by atoms with E-state index in [0.717, 1.165) is 18.4 Å². The fourth-order valence-electron chi connectivity index (χ4n) is 1.63. The molecule has 0 atom stereocenters. The molecule has 0 aliphatic heterocycles. The van der Waals surface area contributed by atoms with Crippen LogP contribution < -0.4 is 11.1 Å². The minimum absolute atomic E-state index is 0.253. The van der Waals surface area contributed by atoms with Gasteiger partial charge in [-0.25, -0.2) is 4.79 Å². The highest BCUT2D eigenvalue weighted by Gasteiger charge is 2.45. The summed E-state index contributed by atoms with van der Waals surface area (Å²) >= 11 is 5.87. The molecule has 0 radical (unpaired) electrons. The second kappa shape index (κ2) is 3.17. The van der Waals surface area contributed by atoms with Gasteiger partial charge in [-0.05, 0) is 30.5 Å². The van der Waals surface area contributed by atoms with Crippen molar-refractivity contribution in [2.75, 3.05) is 0 Å². The molecule has 0 heterocycles. The summed E-state index contributed by atoms with van der Waals surface area (Å²) in [7, 11) is 0. The second-order valence-electron chi connectivity index (χ2n) is 3.58. The van der Waals surface area contributed by atoms with Gasteiger partial charge < -0.3 is 11.1 Å². The van der Waals surface area contributed by atoms with E-state index in [1.54, 1.807) is 0 Å². The van der Waals surface area contributed by atoms with E-state index >= 15 is 0 Å². The molecular weight excluding hydrogens is 200 g/mol. The van der Waals surface area contributed by atoms with Gasteiger partial charge in [0, 0.05) is 5.02 Å². The van der Waals surface area contributed by atoms with Crippen LogP contribution in [-0.4, -0.2) is 6.03 Å². The lowest BCUT2D eigenvalue weighted by molar-refractivity contribution is 0.244. The van der Waals surface area contributed by atoms with Crippen LogP contribution in [0.1, 0.15) is 18.4 Å². The molecule has 1 saturated carbocycles. The maximum Gasteiger partial charge on any atom is 0.312 e. The molecule has 1 fully saturated rings. The highest BCUT2D eigenvalue weighted by molar-refractivity contribution is 6.30. The zero-order chi connectivity index (χ0) is 10.2. The average Bonchev–Trinajstić information content (AvgIpc) is 2.84. The number of carbonyl (C=O) groups is 1. The molecule has 1 aromatic carbocycles. The van der Waals surface area contributed by atoms with Crippen LogP contribution in [0.5, 0.6) is 0 Å². The van der Waals surface area contributed by atoms with Crippen molar-refractivity contribution in [3.05, 3.63) is 34.9 Å². The van der Waals surface area contributed by atoms with E-state index in [1.807, 2.05) is 24.3 Å². The zero-order valence-corrected chi connectivity index (χ0v) is 8.34. The Hall–Kier alpha value is -1.22. The van der Waals surface area contributed by atoms with E-state index in [-0.39, 0.29) is 5.54 Å². The van der Waals surface area contributed by atoms with Gasteiger partial charge >= 0.3 is 6.03 Å². The van der Waals surface area contributed by atoms with Crippen LogP contribution in [0.3, 0.4) is 0 Å². The Balaban J connectivity index is 2.26. The Kier molecular flexibility index (Phi) is 2.11. The summed E-state index contributed by atoms with van der Waals surface area (Å²) in [6.07, 6.45) is 1.85. The molecule has 0 spiro atoms. The van der Waals surface area contributed by atoms with E-state index in [0.29, 0.717) is 5.02 Å². The monoisotopic (exact) mass is 210 g/mol. The number of benzene rings is 1. The van der Waals surface area contributed by atoms with Crippen molar-refractivity contribution in [1.29, 1.82) is 0 Å². The molecule has 2 amide bonds. The minimum Gasteiger partial charge on any atom is -0.352 e. The van der Waals surface area contributed by atoms with Gasteiger partial charge in [0.05, 0.1) is 5.54 Å². The largest absolute Gasteiger partial charge is 0.352 e. The standard InChI is InChI=1S/C10H11ClN2O/c11-8-3-1-2-7(6-8)10(4-5-10)13-9(12)14/h1-3,6H,4-5H2,(H3,12,13,14). The van der Waals surface area contributed by atoms with Crippen molar-refractivity contribution < 1.29 is 4.79 Å². The molecule has 3 N–H and O–H groups in total. The molecule has 1 aromatic rings. The summed E-state index contributed by atoms with van der Waals surface area (Å²) in [5.41, 5.74) is 5.89. The Bertz CT molecular complexity index is 374. The summed E-state index contributed by atoms with van der Waals surface area (Å²) in [6, 6.07) is 7.02. The number of carbonyl (C=O) groups excluding carboxylic acids is 1. The van der Waals surface area contributed by atoms with Gasteiger partial charge in [0.1, 0.15) is 0 Å². The zero-order valence-electron chi connectivity index (χ0n) is 7.59. The smallest absolute Gasteiger partial charge is 0.312 e. The van der Waals surface area contributed by atoms with Crippen molar-refractivity contribution in [2.45, 2.75) is 18.4 Å². The molecule has 3 nitrogen and oxygen atoms in total. The van der Waals surface area contributed by atoms with Gasteiger partial charge in [-0.3, -0.25) is 0 Å². The third-order valence-corrected chi connectivity index (χ3v) is 2.72. The van der Waals surface area contributed by atoms with Crippen LogP contribution in [0.15, 0.2) is 24.3 Å². The van der Waals surface area contributed by atoms with Crippen LogP contribution in [0.2, 0.25) is 5.02 Å². The van der Waals surface area contributed by atoms with Crippen molar-refractivity contribution in [1.82, 2.24) is 5.32 Å². The number of nitrogens with two attached hydrogens (primary N) is 1. The molecule has 0 unspecified atom stereocenters. The third kappa shape index (κ3) is 1.68. The molecule has 0 saturated heterocycles. The predicted molar refractivity (Wildman–Crippen MR) is 55.1 cm³/mol. The molecule has 2 rings (SSSR count). The molecule has 4 heteroatoms. The summed E-state index contributed by atoms with van der Waals surface area (Å²) in [4.78, 5) is 10.8. The fourth-order valence-corrected chi connectivity index (χ4v) is 1.82. The van der Waals surface area contributed by atoms with Gasteiger partial charge in [-0.1, -0.05) is 23.7 Å². The summed E-state index contributed by atoms with van der Waals surface area (Å²) < 4.78 is 0. The average molecular weight is 211 g/mol.